The molecule has 0 aromatic carbocycles. The van der Waals surface area contributed by atoms with E-state index in [1.807, 2.05) is 6.26 Å². The molecule has 0 spiro atoms. The number of hydrogen-bond donors (Lipinski definition) is 1. The minimum atomic E-state index is -0.00162. The molecule has 0 atom stereocenters. The Morgan fingerprint density at radius 1 is 1.39 bits per heavy atom. The van der Waals surface area contributed by atoms with E-state index >= 15 is 0 Å². The normalized spacial score (nSPS) is 15.2. The van der Waals surface area contributed by atoms with Crippen molar-refractivity contribution >= 4 is 39.7 Å². The van der Waals surface area contributed by atoms with Gasteiger partial charge in [-0.25, -0.2) is 0 Å². The Kier molecular flexibility index (Phi) is 4.07. The van der Waals surface area contributed by atoms with Crippen molar-refractivity contribution in [2.24, 2.45) is 0 Å². The zero-order valence-corrected chi connectivity index (χ0v) is 12.7. The van der Waals surface area contributed by atoms with Crippen molar-refractivity contribution in [3.63, 3.8) is 0 Å². The predicted octanol–water partition coefficient (Wildman–Crippen LogP) is 2.35. The van der Waals surface area contributed by atoms with Gasteiger partial charge in [-0.1, -0.05) is 0 Å². The van der Waals surface area contributed by atoms with Crippen LogP contribution in [0.15, 0.2) is 4.90 Å². The monoisotopic (exact) mass is 285 g/mol. The molecule has 1 aromatic heterocycles. The average molecular weight is 285 g/mol. The molecule has 1 saturated heterocycles. The molecule has 6 heteroatoms. The maximum absolute atomic E-state index is 12.1. The molecule has 1 aromatic rings. The molecule has 18 heavy (non-hydrogen) atoms. The first-order valence-electron chi connectivity index (χ1n) is 5.99. The number of nitrogens with two attached hydrogens (primary N) is 1. The zero-order chi connectivity index (χ0) is 13.3. The zero-order valence-electron chi connectivity index (χ0n) is 11.0. The van der Waals surface area contributed by atoms with Crippen LogP contribution in [0.5, 0.6) is 0 Å². The highest BCUT2D eigenvalue weighted by Crippen LogP contribution is 2.45. The SMILES string of the molecule is CSc1c(N2CCCC2)sc(C(=O)N(C)C)c1N. The van der Waals surface area contributed by atoms with Gasteiger partial charge in [0.25, 0.3) is 5.91 Å². The van der Waals surface area contributed by atoms with E-state index in [2.05, 4.69) is 4.90 Å². The third kappa shape index (κ3) is 2.31. The van der Waals surface area contributed by atoms with Crippen LogP contribution < -0.4 is 10.6 Å². The topological polar surface area (TPSA) is 49.6 Å². The van der Waals surface area contributed by atoms with E-state index in [9.17, 15) is 4.79 Å². The van der Waals surface area contributed by atoms with E-state index in [4.69, 9.17) is 5.73 Å². The predicted molar refractivity (Wildman–Crippen MR) is 80.0 cm³/mol. The highest BCUT2D eigenvalue weighted by atomic mass is 32.2. The molecule has 1 aliphatic heterocycles. The molecule has 0 aliphatic carbocycles. The summed E-state index contributed by atoms with van der Waals surface area (Å²) in [6, 6.07) is 0. The lowest BCUT2D eigenvalue weighted by Crippen LogP contribution is -2.21. The van der Waals surface area contributed by atoms with Crippen molar-refractivity contribution < 1.29 is 4.79 Å². The van der Waals surface area contributed by atoms with Gasteiger partial charge >= 0.3 is 0 Å². The van der Waals surface area contributed by atoms with Gasteiger partial charge in [0.05, 0.1) is 10.6 Å². The third-order valence-electron chi connectivity index (χ3n) is 3.08. The summed E-state index contributed by atoms with van der Waals surface area (Å²) in [6.45, 7) is 2.15. The van der Waals surface area contributed by atoms with E-state index in [0.717, 1.165) is 18.0 Å². The van der Waals surface area contributed by atoms with Crippen molar-refractivity contribution in [1.82, 2.24) is 4.90 Å². The first kappa shape index (κ1) is 13.5. The molecular formula is C12H19N3OS2. The number of nitrogen functional groups attached to an aromatic ring is 1. The average Bonchev–Trinajstić information content (AvgIpc) is 2.94. The summed E-state index contributed by atoms with van der Waals surface area (Å²) < 4.78 is 0. The summed E-state index contributed by atoms with van der Waals surface area (Å²) in [5.41, 5.74) is 6.78. The van der Waals surface area contributed by atoms with Gasteiger partial charge in [-0.05, 0) is 19.1 Å². The minimum Gasteiger partial charge on any atom is -0.396 e. The quantitative estimate of drug-likeness (QED) is 0.866. The van der Waals surface area contributed by atoms with Crippen LogP contribution in [0, 0.1) is 0 Å². The standard InChI is InChI=1S/C12H19N3OS2/c1-14(2)11(16)9-8(13)10(17-3)12(18-9)15-6-4-5-7-15/h4-7,13H2,1-3H3. The maximum Gasteiger partial charge on any atom is 0.265 e. The van der Waals surface area contributed by atoms with Crippen LogP contribution in [0.1, 0.15) is 22.5 Å². The van der Waals surface area contributed by atoms with Crippen molar-refractivity contribution in [2.45, 2.75) is 17.7 Å². The largest absolute Gasteiger partial charge is 0.396 e. The molecule has 1 fully saturated rings. The number of thioether (sulfide) groups is 1. The smallest absolute Gasteiger partial charge is 0.265 e. The second-order valence-corrected chi connectivity index (χ2v) is 6.39. The summed E-state index contributed by atoms with van der Waals surface area (Å²) in [6.07, 6.45) is 4.47. The van der Waals surface area contributed by atoms with Gasteiger partial charge in [-0.2, -0.15) is 0 Å². The van der Waals surface area contributed by atoms with E-state index in [-0.39, 0.29) is 5.91 Å². The van der Waals surface area contributed by atoms with Gasteiger partial charge in [-0.3, -0.25) is 4.79 Å². The fourth-order valence-corrected chi connectivity index (χ4v) is 4.36. The number of hydrogen-bond acceptors (Lipinski definition) is 5. The lowest BCUT2D eigenvalue weighted by Gasteiger charge is -2.16. The van der Waals surface area contributed by atoms with Gasteiger partial charge in [0.1, 0.15) is 9.88 Å². The number of rotatable bonds is 3. The Morgan fingerprint density at radius 3 is 2.50 bits per heavy atom. The first-order valence-corrected chi connectivity index (χ1v) is 8.03. The van der Waals surface area contributed by atoms with Crippen LogP contribution in [-0.2, 0) is 0 Å². The van der Waals surface area contributed by atoms with Gasteiger partial charge < -0.3 is 15.5 Å². The van der Waals surface area contributed by atoms with Gasteiger partial charge in [0.15, 0.2) is 0 Å². The lowest BCUT2D eigenvalue weighted by atomic mass is 10.3. The Balaban J connectivity index is 2.41. The van der Waals surface area contributed by atoms with E-state index in [0.29, 0.717) is 10.6 Å². The second-order valence-electron chi connectivity index (χ2n) is 4.58. The molecule has 2 heterocycles. The highest BCUT2D eigenvalue weighted by Gasteiger charge is 2.26. The van der Waals surface area contributed by atoms with E-state index in [1.165, 1.54) is 29.2 Å². The number of anilines is 2. The minimum absolute atomic E-state index is 0.00162. The molecule has 0 saturated carbocycles. The maximum atomic E-state index is 12.1. The molecular weight excluding hydrogens is 266 g/mol. The molecule has 4 nitrogen and oxygen atoms in total. The van der Waals surface area contributed by atoms with Crippen LogP contribution in [0.25, 0.3) is 0 Å². The molecule has 100 valence electrons. The molecule has 0 radical (unpaired) electrons. The van der Waals surface area contributed by atoms with Crippen molar-refractivity contribution in [3.05, 3.63) is 4.88 Å². The van der Waals surface area contributed by atoms with E-state index in [1.54, 1.807) is 30.8 Å². The summed E-state index contributed by atoms with van der Waals surface area (Å²) >= 11 is 3.17. The van der Waals surface area contributed by atoms with Crippen molar-refractivity contribution in [1.29, 1.82) is 0 Å². The van der Waals surface area contributed by atoms with Crippen LogP contribution >= 0.6 is 23.1 Å². The fourth-order valence-electron chi connectivity index (χ4n) is 2.10. The third-order valence-corrected chi connectivity index (χ3v) is 5.29. The number of nitrogens with zero attached hydrogens (tertiary/aromatic N) is 2. The van der Waals surface area contributed by atoms with Gasteiger partial charge in [0.2, 0.25) is 0 Å². The van der Waals surface area contributed by atoms with Crippen molar-refractivity contribution in [3.8, 4) is 0 Å². The molecule has 2 rings (SSSR count). The van der Waals surface area contributed by atoms with Gasteiger partial charge in [0, 0.05) is 27.2 Å². The Labute approximate surface area is 116 Å². The van der Waals surface area contributed by atoms with Crippen LogP contribution in [0.3, 0.4) is 0 Å². The van der Waals surface area contributed by atoms with Crippen LogP contribution in [0.2, 0.25) is 0 Å². The summed E-state index contributed by atoms with van der Waals surface area (Å²) in [7, 11) is 3.52. The molecule has 0 unspecified atom stereocenters. The summed E-state index contributed by atoms with van der Waals surface area (Å²) in [5, 5.41) is 1.17. The Bertz CT molecular complexity index is 450. The Hall–Kier alpha value is -0.880. The highest BCUT2D eigenvalue weighted by molar-refractivity contribution is 7.99. The summed E-state index contributed by atoms with van der Waals surface area (Å²) in [4.78, 5) is 17.8. The van der Waals surface area contributed by atoms with Crippen LogP contribution in [-0.4, -0.2) is 44.2 Å². The number of carbonyl (C=O) groups excluding carboxylic acids is 1. The van der Waals surface area contributed by atoms with Crippen molar-refractivity contribution in [2.75, 3.05) is 44.1 Å². The number of amides is 1. The molecule has 2 N–H and O–H groups in total. The van der Waals surface area contributed by atoms with Gasteiger partial charge in [-0.15, -0.1) is 23.1 Å². The fraction of sp³-hybridized carbons (Fsp3) is 0.583. The molecule has 1 amide bonds. The van der Waals surface area contributed by atoms with Crippen LogP contribution in [0.4, 0.5) is 10.7 Å². The molecule has 0 bridgehead atoms. The number of thiophene rings is 1. The molecule has 1 aliphatic rings. The first-order chi connectivity index (χ1) is 8.56. The Morgan fingerprint density at radius 2 is 2.00 bits per heavy atom. The second kappa shape index (κ2) is 5.40. The van der Waals surface area contributed by atoms with E-state index < -0.39 is 0 Å². The lowest BCUT2D eigenvalue weighted by molar-refractivity contribution is 0.0833. The summed E-state index contributed by atoms with van der Waals surface area (Å²) in [5.74, 6) is -0.00162. The number of carbonyl (C=O) groups is 1.